The van der Waals surface area contributed by atoms with Gasteiger partial charge >= 0.3 is 5.97 Å². The molecule has 108 valence electrons. The van der Waals surface area contributed by atoms with Crippen LogP contribution < -0.4 is 4.74 Å². The van der Waals surface area contributed by atoms with Crippen LogP contribution in [-0.2, 0) is 4.79 Å². The Bertz CT molecular complexity index is 527. The molecule has 1 heterocycles. The maximum Gasteiger partial charge on any atom is 0.308 e. The van der Waals surface area contributed by atoms with E-state index < -0.39 is 11.9 Å². The van der Waals surface area contributed by atoms with Gasteiger partial charge in [-0.2, -0.15) is 0 Å². The highest BCUT2D eigenvalue weighted by Gasteiger charge is 2.29. The van der Waals surface area contributed by atoms with Crippen molar-refractivity contribution in [2.75, 3.05) is 20.2 Å². The third-order valence-electron chi connectivity index (χ3n) is 3.64. The summed E-state index contributed by atoms with van der Waals surface area (Å²) < 4.78 is 5.22. The number of carbonyl (C=O) groups is 2. The average Bonchev–Trinajstić information content (AvgIpc) is 2.46. The Kier molecular flexibility index (Phi) is 4.27. The van der Waals surface area contributed by atoms with Crippen LogP contribution in [0.5, 0.6) is 5.75 Å². The Labute approximate surface area is 118 Å². The number of piperidine rings is 1. The van der Waals surface area contributed by atoms with Crippen LogP contribution in [0.3, 0.4) is 0 Å². The minimum Gasteiger partial charge on any atom is -0.496 e. The fourth-order valence-electron chi connectivity index (χ4n) is 2.52. The summed E-state index contributed by atoms with van der Waals surface area (Å²) in [7, 11) is 1.53. The van der Waals surface area contributed by atoms with Crippen molar-refractivity contribution in [2.24, 2.45) is 5.92 Å². The van der Waals surface area contributed by atoms with E-state index in [1.807, 2.05) is 13.0 Å². The molecule has 0 saturated carbocycles. The highest BCUT2D eigenvalue weighted by molar-refractivity contribution is 5.97. The molecule has 0 aromatic heterocycles. The Morgan fingerprint density at radius 1 is 1.40 bits per heavy atom. The number of likely N-dealkylation sites (tertiary alicyclic amines) is 1. The summed E-state index contributed by atoms with van der Waals surface area (Å²) >= 11 is 0. The molecule has 20 heavy (non-hydrogen) atoms. The topological polar surface area (TPSA) is 66.8 Å². The Balaban J connectivity index is 2.22. The molecule has 1 aromatic carbocycles. The van der Waals surface area contributed by atoms with Crippen molar-refractivity contribution < 1.29 is 19.4 Å². The van der Waals surface area contributed by atoms with E-state index in [0.717, 1.165) is 12.0 Å². The van der Waals surface area contributed by atoms with Gasteiger partial charge in [0.1, 0.15) is 5.75 Å². The van der Waals surface area contributed by atoms with Crippen molar-refractivity contribution in [3.63, 3.8) is 0 Å². The molecule has 0 spiro atoms. The molecule has 1 aliphatic rings. The zero-order valence-electron chi connectivity index (χ0n) is 11.8. The quantitative estimate of drug-likeness (QED) is 0.917. The van der Waals surface area contributed by atoms with Gasteiger partial charge in [-0.25, -0.2) is 0 Å². The largest absolute Gasteiger partial charge is 0.496 e. The van der Waals surface area contributed by atoms with Gasteiger partial charge < -0.3 is 14.7 Å². The van der Waals surface area contributed by atoms with Crippen LogP contribution in [-0.4, -0.2) is 42.1 Å². The second-order valence-electron chi connectivity index (χ2n) is 5.13. The van der Waals surface area contributed by atoms with Crippen molar-refractivity contribution >= 4 is 11.9 Å². The lowest BCUT2D eigenvalue weighted by molar-refractivity contribution is -0.143. The summed E-state index contributed by atoms with van der Waals surface area (Å²) in [6.07, 6.45) is 1.35. The molecule has 0 aliphatic carbocycles. The number of hydrogen-bond donors (Lipinski definition) is 1. The Morgan fingerprint density at radius 2 is 2.15 bits per heavy atom. The van der Waals surface area contributed by atoms with E-state index in [4.69, 9.17) is 9.84 Å². The minimum absolute atomic E-state index is 0.156. The number of carbonyl (C=O) groups excluding carboxylic acids is 1. The maximum atomic E-state index is 12.6. The van der Waals surface area contributed by atoms with Gasteiger partial charge in [0, 0.05) is 13.1 Å². The second kappa shape index (κ2) is 5.94. The molecule has 1 aliphatic heterocycles. The Morgan fingerprint density at radius 3 is 2.80 bits per heavy atom. The fourth-order valence-corrected chi connectivity index (χ4v) is 2.52. The first kappa shape index (κ1) is 14.4. The number of amides is 1. The highest BCUT2D eigenvalue weighted by atomic mass is 16.5. The van der Waals surface area contributed by atoms with Crippen molar-refractivity contribution in [1.29, 1.82) is 0 Å². The van der Waals surface area contributed by atoms with Crippen LogP contribution in [0, 0.1) is 12.8 Å². The van der Waals surface area contributed by atoms with Gasteiger partial charge in [0.2, 0.25) is 0 Å². The van der Waals surface area contributed by atoms with Gasteiger partial charge in [0.25, 0.3) is 5.91 Å². The summed E-state index contributed by atoms with van der Waals surface area (Å²) in [5, 5.41) is 9.09. The molecule has 0 bridgehead atoms. The summed E-state index contributed by atoms with van der Waals surface area (Å²) in [5.74, 6) is -0.934. The summed E-state index contributed by atoms with van der Waals surface area (Å²) in [5.41, 5.74) is 1.47. The van der Waals surface area contributed by atoms with Crippen LogP contribution in [0.15, 0.2) is 18.2 Å². The molecule has 0 radical (unpaired) electrons. The van der Waals surface area contributed by atoms with Gasteiger partial charge in [-0.15, -0.1) is 0 Å². The molecule has 1 atom stereocenters. The number of aryl methyl sites for hydroxylation is 1. The van der Waals surface area contributed by atoms with Crippen molar-refractivity contribution in [2.45, 2.75) is 19.8 Å². The van der Waals surface area contributed by atoms with Crippen LogP contribution in [0.2, 0.25) is 0 Å². The Hall–Kier alpha value is -2.04. The molecule has 1 fully saturated rings. The lowest BCUT2D eigenvalue weighted by atomic mass is 9.97. The number of nitrogens with zero attached hydrogens (tertiary/aromatic N) is 1. The van der Waals surface area contributed by atoms with E-state index >= 15 is 0 Å². The first-order valence-corrected chi connectivity index (χ1v) is 6.69. The van der Waals surface area contributed by atoms with Gasteiger partial charge in [-0.3, -0.25) is 9.59 Å². The number of rotatable bonds is 3. The number of methoxy groups -OCH3 is 1. The molecular weight excluding hydrogens is 258 g/mol. The van der Waals surface area contributed by atoms with Gasteiger partial charge in [0.15, 0.2) is 0 Å². The average molecular weight is 277 g/mol. The van der Waals surface area contributed by atoms with E-state index in [1.54, 1.807) is 17.0 Å². The standard InChI is InChI=1S/C15H19NO4/c1-10-5-6-13(20-2)12(8-10)14(17)16-7-3-4-11(9-16)15(18)19/h5-6,8,11H,3-4,7,9H2,1-2H3,(H,18,19). The molecule has 1 saturated heterocycles. The second-order valence-corrected chi connectivity index (χ2v) is 5.13. The fraction of sp³-hybridized carbons (Fsp3) is 0.467. The maximum absolute atomic E-state index is 12.6. The molecule has 5 heteroatoms. The molecular formula is C15H19NO4. The number of ether oxygens (including phenoxy) is 1. The third-order valence-corrected chi connectivity index (χ3v) is 3.64. The van der Waals surface area contributed by atoms with Gasteiger partial charge in [0.05, 0.1) is 18.6 Å². The SMILES string of the molecule is COc1ccc(C)cc1C(=O)N1CCCC(C(=O)O)C1. The lowest BCUT2D eigenvalue weighted by Crippen LogP contribution is -2.42. The van der Waals surface area contributed by atoms with Crippen molar-refractivity contribution in [1.82, 2.24) is 4.90 Å². The monoisotopic (exact) mass is 277 g/mol. The van der Waals surface area contributed by atoms with Crippen LogP contribution >= 0.6 is 0 Å². The predicted octanol–water partition coefficient (Wildman–Crippen LogP) is 1.94. The zero-order chi connectivity index (χ0) is 14.7. The van der Waals surface area contributed by atoms with E-state index in [2.05, 4.69) is 0 Å². The van der Waals surface area contributed by atoms with E-state index in [1.165, 1.54) is 7.11 Å². The summed E-state index contributed by atoms with van der Waals surface area (Å²) in [4.78, 5) is 25.2. The third kappa shape index (κ3) is 2.92. The van der Waals surface area contributed by atoms with Crippen molar-refractivity contribution in [3.05, 3.63) is 29.3 Å². The van der Waals surface area contributed by atoms with E-state index in [-0.39, 0.29) is 12.5 Å². The smallest absolute Gasteiger partial charge is 0.308 e. The molecule has 1 unspecified atom stereocenters. The summed E-state index contributed by atoms with van der Waals surface area (Å²) in [6.45, 7) is 2.78. The summed E-state index contributed by atoms with van der Waals surface area (Å²) in [6, 6.07) is 5.43. The van der Waals surface area contributed by atoms with Crippen molar-refractivity contribution in [3.8, 4) is 5.75 Å². The van der Waals surface area contributed by atoms with Crippen LogP contribution in [0.4, 0.5) is 0 Å². The predicted molar refractivity (Wildman–Crippen MR) is 74.0 cm³/mol. The van der Waals surface area contributed by atoms with Crippen LogP contribution in [0.1, 0.15) is 28.8 Å². The first-order valence-electron chi connectivity index (χ1n) is 6.69. The molecule has 2 rings (SSSR count). The zero-order valence-corrected chi connectivity index (χ0v) is 11.8. The first-order chi connectivity index (χ1) is 9.52. The number of carboxylic acids is 1. The molecule has 1 amide bonds. The number of aliphatic carboxylic acids is 1. The highest BCUT2D eigenvalue weighted by Crippen LogP contribution is 2.24. The lowest BCUT2D eigenvalue weighted by Gasteiger charge is -2.31. The molecule has 1 aromatic rings. The molecule has 5 nitrogen and oxygen atoms in total. The van der Waals surface area contributed by atoms with E-state index in [9.17, 15) is 9.59 Å². The van der Waals surface area contributed by atoms with Gasteiger partial charge in [-0.05, 0) is 31.9 Å². The van der Waals surface area contributed by atoms with Gasteiger partial charge in [-0.1, -0.05) is 11.6 Å². The van der Waals surface area contributed by atoms with E-state index in [0.29, 0.717) is 24.3 Å². The number of carboxylic acid groups (broad SMARTS) is 1. The number of benzene rings is 1. The van der Waals surface area contributed by atoms with Crippen LogP contribution in [0.25, 0.3) is 0 Å². The number of hydrogen-bond acceptors (Lipinski definition) is 3. The molecule has 1 N–H and O–H groups in total. The minimum atomic E-state index is -0.835. The normalized spacial score (nSPS) is 18.7.